The average molecular weight is 447 g/mol. The number of rotatable bonds is 8. The van der Waals surface area contributed by atoms with Crippen molar-refractivity contribution < 1.29 is 9.18 Å². The number of carbonyl (C=O) groups is 1. The molecule has 1 aliphatic heterocycles. The minimum atomic E-state index is -0.680. The van der Waals surface area contributed by atoms with Gasteiger partial charge in [-0.15, -0.1) is 11.3 Å². The molecule has 0 atom stereocenters. The SMILES string of the molecule is O=C(Nc1cc(NCCN2CCCC2)c(=O)n(CCF)c1)c1cc(Cl)c(Cl)s1. The van der Waals surface area contributed by atoms with Crippen LogP contribution in [-0.4, -0.2) is 48.2 Å². The summed E-state index contributed by atoms with van der Waals surface area (Å²) in [7, 11) is 0. The maximum absolute atomic E-state index is 12.9. The molecule has 0 aromatic carbocycles. The van der Waals surface area contributed by atoms with Gasteiger partial charge >= 0.3 is 0 Å². The van der Waals surface area contributed by atoms with Crippen molar-refractivity contribution in [1.82, 2.24) is 9.47 Å². The molecule has 0 radical (unpaired) electrons. The minimum absolute atomic E-state index is 0.0833. The zero-order chi connectivity index (χ0) is 20.1. The van der Waals surface area contributed by atoms with Crippen molar-refractivity contribution >= 4 is 51.8 Å². The van der Waals surface area contributed by atoms with Crippen molar-refractivity contribution in [2.45, 2.75) is 19.4 Å². The Morgan fingerprint density at radius 1 is 1.21 bits per heavy atom. The monoisotopic (exact) mass is 446 g/mol. The smallest absolute Gasteiger partial charge is 0.274 e. The van der Waals surface area contributed by atoms with Gasteiger partial charge in [-0.1, -0.05) is 23.2 Å². The number of thiophene rings is 1. The number of likely N-dealkylation sites (tertiary alicyclic amines) is 1. The number of nitrogens with one attached hydrogen (secondary N) is 2. The fourth-order valence-electron chi connectivity index (χ4n) is 3.09. The predicted octanol–water partition coefficient (Wildman–Crippen LogP) is 3.95. The van der Waals surface area contributed by atoms with Gasteiger partial charge in [0, 0.05) is 19.3 Å². The summed E-state index contributed by atoms with van der Waals surface area (Å²) < 4.78 is 14.4. The van der Waals surface area contributed by atoms with Gasteiger partial charge in [0.15, 0.2) is 0 Å². The second-order valence-electron chi connectivity index (χ2n) is 6.49. The number of aromatic nitrogens is 1. The Morgan fingerprint density at radius 3 is 2.61 bits per heavy atom. The zero-order valence-electron chi connectivity index (χ0n) is 15.1. The van der Waals surface area contributed by atoms with Crippen LogP contribution >= 0.6 is 34.5 Å². The number of aryl methyl sites for hydroxylation is 1. The number of alkyl halides is 1. The molecule has 1 fully saturated rings. The lowest BCUT2D eigenvalue weighted by Gasteiger charge is -2.16. The minimum Gasteiger partial charge on any atom is -0.379 e. The Hall–Kier alpha value is -1.61. The van der Waals surface area contributed by atoms with Crippen LogP contribution in [-0.2, 0) is 6.54 Å². The Labute approximate surface area is 176 Å². The third-order valence-corrected chi connectivity index (χ3v) is 6.34. The molecule has 2 aromatic heterocycles. The molecule has 2 N–H and O–H groups in total. The summed E-state index contributed by atoms with van der Waals surface area (Å²) in [5, 5.41) is 6.14. The molecule has 0 saturated carbocycles. The fraction of sp³-hybridized carbons (Fsp3) is 0.444. The van der Waals surface area contributed by atoms with E-state index in [1.54, 1.807) is 6.07 Å². The average Bonchev–Trinajstić information content (AvgIpc) is 3.29. The van der Waals surface area contributed by atoms with E-state index in [1.165, 1.54) is 29.7 Å². The summed E-state index contributed by atoms with van der Waals surface area (Å²) >= 11 is 12.9. The molecule has 2 aromatic rings. The van der Waals surface area contributed by atoms with E-state index >= 15 is 0 Å². The van der Waals surface area contributed by atoms with Crippen LogP contribution in [0.25, 0.3) is 0 Å². The van der Waals surface area contributed by atoms with Crippen LogP contribution in [0.15, 0.2) is 23.1 Å². The number of hydrogen-bond acceptors (Lipinski definition) is 5. The molecule has 1 saturated heterocycles. The number of nitrogens with zero attached hydrogens (tertiary/aromatic N) is 2. The third-order valence-electron chi connectivity index (χ3n) is 4.48. The topological polar surface area (TPSA) is 66.4 Å². The quantitative estimate of drug-likeness (QED) is 0.644. The van der Waals surface area contributed by atoms with E-state index in [9.17, 15) is 14.0 Å². The second-order valence-corrected chi connectivity index (χ2v) is 8.55. The predicted molar refractivity (Wildman–Crippen MR) is 113 cm³/mol. The number of amides is 1. The number of pyridine rings is 1. The molecule has 1 aliphatic rings. The lowest BCUT2D eigenvalue weighted by Crippen LogP contribution is -2.29. The van der Waals surface area contributed by atoms with E-state index in [-0.39, 0.29) is 12.1 Å². The van der Waals surface area contributed by atoms with E-state index in [0.29, 0.717) is 32.2 Å². The van der Waals surface area contributed by atoms with Gasteiger partial charge in [0.2, 0.25) is 0 Å². The Morgan fingerprint density at radius 2 is 1.96 bits per heavy atom. The van der Waals surface area contributed by atoms with Gasteiger partial charge in [0.05, 0.1) is 22.1 Å². The maximum atomic E-state index is 12.9. The van der Waals surface area contributed by atoms with Crippen molar-refractivity contribution in [1.29, 1.82) is 0 Å². The molecule has 3 rings (SSSR count). The molecular weight excluding hydrogens is 426 g/mol. The van der Waals surface area contributed by atoms with Crippen molar-refractivity contribution in [3.05, 3.63) is 42.9 Å². The molecule has 0 unspecified atom stereocenters. The first-order valence-electron chi connectivity index (χ1n) is 9.01. The summed E-state index contributed by atoms with van der Waals surface area (Å²) in [4.78, 5) is 27.6. The summed E-state index contributed by atoms with van der Waals surface area (Å²) in [6.07, 6.45) is 3.82. The van der Waals surface area contributed by atoms with Crippen LogP contribution in [0.5, 0.6) is 0 Å². The van der Waals surface area contributed by atoms with E-state index in [0.717, 1.165) is 31.0 Å². The van der Waals surface area contributed by atoms with Crippen molar-refractivity contribution in [2.75, 3.05) is 43.5 Å². The van der Waals surface area contributed by atoms with Gasteiger partial charge in [0.25, 0.3) is 11.5 Å². The highest BCUT2D eigenvalue weighted by Gasteiger charge is 2.15. The van der Waals surface area contributed by atoms with Crippen LogP contribution in [0.1, 0.15) is 22.5 Å². The highest BCUT2D eigenvalue weighted by molar-refractivity contribution is 7.18. The van der Waals surface area contributed by atoms with Gasteiger partial charge < -0.3 is 20.1 Å². The van der Waals surface area contributed by atoms with Crippen LogP contribution < -0.4 is 16.2 Å². The molecular formula is C18H21Cl2FN4O2S. The van der Waals surface area contributed by atoms with Crippen molar-refractivity contribution in [2.24, 2.45) is 0 Å². The zero-order valence-corrected chi connectivity index (χ0v) is 17.5. The molecule has 0 spiro atoms. The van der Waals surface area contributed by atoms with E-state index in [1.807, 2.05) is 0 Å². The van der Waals surface area contributed by atoms with Crippen molar-refractivity contribution in [3.8, 4) is 0 Å². The van der Waals surface area contributed by atoms with Gasteiger partial charge in [0.1, 0.15) is 16.7 Å². The standard InChI is InChI=1S/C18H21Cl2FN4O2S/c19-13-10-15(28-16(13)20)17(26)23-12-9-14(18(27)25(11-12)7-3-21)22-4-8-24-5-1-2-6-24/h9-11,22H,1-8H2,(H,23,26). The number of hydrogen-bond donors (Lipinski definition) is 2. The summed E-state index contributed by atoms with van der Waals surface area (Å²) in [5.74, 6) is -0.396. The molecule has 0 bridgehead atoms. The van der Waals surface area contributed by atoms with E-state index < -0.39 is 12.6 Å². The van der Waals surface area contributed by atoms with Crippen LogP contribution in [0.3, 0.4) is 0 Å². The molecule has 6 nitrogen and oxygen atoms in total. The lowest BCUT2D eigenvalue weighted by molar-refractivity contribution is 0.103. The molecule has 1 amide bonds. The first-order valence-corrected chi connectivity index (χ1v) is 10.6. The molecule has 152 valence electrons. The Kier molecular flexibility index (Phi) is 7.34. The van der Waals surface area contributed by atoms with Gasteiger partial charge in [-0.2, -0.15) is 0 Å². The number of carbonyl (C=O) groups excluding carboxylic acids is 1. The first kappa shape index (κ1) is 21.1. The van der Waals surface area contributed by atoms with Gasteiger partial charge in [-0.25, -0.2) is 4.39 Å². The van der Waals surface area contributed by atoms with E-state index in [2.05, 4.69) is 15.5 Å². The van der Waals surface area contributed by atoms with Gasteiger partial charge in [-0.05, 0) is 38.1 Å². The third kappa shape index (κ3) is 5.26. The summed E-state index contributed by atoms with van der Waals surface area (Å²) in [5.41, 5.74) is 0.398. The van der Waals surface area contributed by atoms with Crippen LogP contribution in [0.4, 0.5) is 15.8 Å². The normalized spacial score (nSPS) is 14.4. The Balaban J connectivity index is 1.74. The number of halogens is 3. The molecule has 10 heteroatoms. The lowest BCUT2D eigenvalue weighted by atomic mass is 10.3. The second kappa shape index (κ2) is 9.73. The van der Waals surface area contributed by atoms with E-state index in [4.69, 9.17) is 23.2 Å². The maximum Gasteiger partial charge on any atom is 0.274 e. The Bertz CT molecular complexity index is 877. The first-order chi connectivity index (χ1) is 13.5. The van der Waals surface area contributed by atoms with Crippen LogP contribution in [0, 0.1) is 0 Å². The summed E-state index contributed by atoms with van der Waals surface area (Å²) in [6.45, 7) is 2.79. The summed E-state index contributed by atoms with van der Waals surface area (Å²) in [6, 6.07) is 3.05. The highest BCUT2D eigenvalue weighted by Crippen LogP contribution is 2.32. The largest absolute Gasteiger partial charge is 0.379 e. The highest BCUT2D eigenvalue weighted by atomic mass is 35.5. The molecule has 3 heterocycles. The van der Waals surface area contributed by atoms with Crippen LogP contribution in [0.2, 0.25) is 9.36 Å². The molecule has 28 heavy (non-hydrogen) atoms. The molecule has 0 aliphatic carbocycles. The number of anilines is 2. The van der Waals surface area contributed by atoms with Crippen molar-refractivity contribution in [3.63, 3.8) is 0 Å². The van der Waals surface area contributed by atoms with Gasteiger partial charge in [-0.3, -0.25) is 9.59 Å². The fourth-order valence-corrected chi connectivity index (χ4v) is 4.36.